The van der Waals surface area contributed by atoms with Crippen molar-refractivity contribution in [1.82, 2.24) is 4.98 Å². The predicted molar refractivity (Wildman–Crippen MR) is 51.8 cm³/mol. The second-order valence-corrected chi connectivity index (χ2v) is 3.18. The van der Waals surface area contributed by atoms with Gasteiger partial charge in [0.1, 0.15) is 0 Å². The van der Waals surface area contributed by atoms with E-state index in [0.717, 1.165) is 18.4 Å². The molecule has 0 saturated heterocycles. The van der Waals surface area contributed by atoms with E-state index in [-0.39, 0.29) is 5.78 Å². The van der Waals surface area contributed by atoms with Crippen molar-refractivity contribution in [3.63, 3.8) is 0 Å². The Bertz CT molecular complexity index is 357. The molecule has 0 aliphatic carbocycles. The summed E-state index contributed by atoms with van der Waals surface area (Å²) in [5, 5.41) is 0. The Hall–Kier alpha value is -1.64. The second-order valence-electron chi connectivity index (χ2n) is 3.18. The van der Waals surface area contributed by atoms with Crippen LogP contribution in [0.2, 0.25) is 0 Å². The van der Waals surface area contributed by atoms with Crippen LogP contribution in [0, 0.1) is 0 Å². The Morgan fingerprint density at radius 1 is 1.36 bits per heavy atom. The van der Waals surface area contributed by atoms with Gasteiger partial charge in [-0.3, -0.25) is 9.78 Å². The second kappa shape index (κ2) is 4.05. The lowest BCUT2D eigenvalue weighted by Crippen LogP contribution is -2.09. The fourth-order valence-corrected chi connectivity index (χ4v) is 1.42. The number of carbonyl (C=O) groups excluding carboxylic acids is 1. The van der Waals surface area contributed by atoms with Gasteiger partial charge in [0.15, 0.2) is 5.78 Å². The van der Waals surface area contributed by atoms with E-state index < -0.39 is 0 Å². The number of aromatic nitrogens is 1. The molecule has 1 aliphatic heterocycles. The van der Waals surface area contributed by atoms with Crippen molar-refractivity contribution < 1.29 is 9.53 Å². The molecule has 0 fully saturated rings. The topological polar surface area (TPSA) is 39.2 Å². The van der Waals surface area contributed by atoms with Crippen molar-refractivity contribution in [2.24, 2.45) is 0 Å². The number of hydrogen-bond acceptors (Lipinski definition) is 3. The molecule has 0 N–H and O–H groups in total. The summed E-state index contributed by atoms with van der Waals surface area (Å²) in [6.45, 7) is 0.715. The van der Waals surface area contributed by atoms with Gasteiger partial charge < -0.3 is 4.74 Å². The van der Waals surface area contributed by atoms with Gasteiger partial charge in [-0.15, -0.1) is 0 Å². The van der Waals surface area contributed by atoms with Crippen LogP contribution in [-0.2, 0) is 4.74 Å². The first-order valence-electron chi connectivity index (χ1n) is 4.63. The number of pyridine rings is 1. The van der Waals surface area contributed by atoms with Crippen LogP contribution in [0.1, 0.15) is 23.2 Å². The summed E-state index contributed by atoms with van der Waals surface area (Å²) in [5.41, 5.74) is 1.43. The Labute approximate surface area is 82.4 Å². The molecule has 0 amide bonds. The lowest BCUT2D eigenvalue weighted by atomic mass is 10.0. The predicted octanol–water partition coefficient (Wildman–Crippen LogP) is 1.96. The van der Waals surface area contributed by atoms with E-state index in [0.29, 0.717) is 12.2 Å². The number of Topliss-reactive ketones (excluding diaryl/α,β-unsaturated/α-hetero) is 1. The standard InChI is InChI=1S/C11H11NO2/c13-11(9-3-5-12-6-4-9)10-2-1-7-14-8-10/h3-6,8H,1-2,7H2. The van der Waals surface area contributed by atoms with Gasteiger partial charge in [-0.05, 0) is 25.0 Å². The van der Waals surface area contributed by atoms with Crippen LogP contribution in [0.15, 0.2) is 36.4 Å². The molecule has 3 nitrogen and oxygen atoms in total. The molecular formula is C11H11NO2. The molecule has 0 radical (unpaired) electrons. The maximum Gasteiger partial charge on any atom is 0.192 e. The molecule has 0 saturated carbocycles. The molecule has 0 spiro atoms. The highest BCUT2D eigenvalue weighted by atomic mass is 16.5. The molecule has 0 unspecified atom stereocenters. The number of rotatable bonds is 2. The minimum Gasteiger partial charge on any atom is -0.501 e. The molecule has 1 aliphatic rings. The molecule has 0 bridgehead atoms. The number of carbonyl (C=O) groups is 1. The minimum absolute atomic E-state index is 0.0482. The van der Waals surface area contributed by atoms with Gasteiger partial charge in [0.05, 0.1) is 12.9 Å². The fraction of sp³-hybridized carbons (Fsp3) is 0.273. The zero-order valence-electron chi connectivity index (χ0n) is 7.77. The van der Waals surface area contributed by atoms with Gasteiger partial charge in [-0.25, -0.2) is 0 Å². The van der Waals surface area contributed by atoms with Crippen molar-refractivity contribution in [3.8, 4) is 0 Å². The van der Waals surface area contributed by atoms with Crippen LogP contribution in [0.3, 0.4) is 0 Å². The summed E-state index contributed by atoms with van der Waals surface area (Å²) >= 11 is 0. The van der Waals surface area contributed by atoms with Crippen molar-refractivity contribution in [1.29, 1.82) is 0 Å². The van der Waals surface area contributed by atoms with Crippen LogP contribution >= 0.6 is 0 Å². The van der Waals surface area contributed by atoms with Crippen molar-refractivity contribution >= 4 is 5.78 Å². The molecular weight excluding hydrogens is 178 g/mol. The quantitative estimate of drug-likeness (QED) is 0.667. The lowest BCUT2D eigenvalue weighted by Gasteiger charge is -2.12. The molecule has 72 valence electrons. The van der Waals surface area contributed by atoms with E-state index in [1.807, 2.05) is 0 Å². The highest BCUT2D eigenvalue weighted by molar-refractivity contribution is 6.08. The number of ketones is 1. The van der Waals surface area contributed by atoms with E-state index in [9.17, 15) is 4.79 Å². The Morgan fingerprint density at radius 3 is 2.79 bits per heavy atom. The molecule has 1 aromatic heterocycles. The molecule has 14 heavy (non-hydrogen) atoms. The third-order valence-corrected chi connectivity index (χ3v) is 2.17. The number of hydrogen-bond donors (Lipinski definition) is 0. The normalized spacial score (nSPS) is 15.6. The van der Waals surface area contributed by atoms with Crippen LogP contribution in [0.4, 0.5) is 0 Å². The average molecular weight is 189 g/mol. The van der Waals surface area contributed by atoms with Crippen molar-refractivity contribution in [3.05, 3.63) is 41.9 Å². The molecule has 2 rings (SSSR count). The first-order chi connectivity index (χ1) is 6.88. The van der Waals surface area contributed by atoms with Crippen molar-refractivity contribution in [2.45, 2.75) is 12.8 Å². The monoisotopic (exact) mass is 189 g/mol. The molecule has 1 aromatic rings. The SMILES string of the molecule is O=C(C1=COCCC1)c1ccncc1. The summed E-state index contributed by atoms with van der Waals surface area (Å²) in [5.74, 6) is 0.0482. The molecule has 0 atom stereocenters. The lowest BCUT2D eigenvalue weighted by molar-refractivity contribution is 0.101. The van der Waals surface area contributed by atoms with Gasteiger partial charge in [0.2, 0.25) is 0 Å². The third-order valence-electron chi connectivity index (χ3n) is 2.17. The number of allylic oxidation sites excluding steroid dienone is 1. The molecule has 0 aromatic carbocycles. The largest absolute Gasteiger partial charge is 0.501 e. The maximum absolute atomic E-state index is 11.8. The molecule has 3 heteroatoms. The molecule has 2 heterocycles. The fourth-order valence-electron chi connectivity index (χ4n) is 1.42. The number of nitrogens with zero attached hydrogens (tertiary/aromatic N) is 1. The van der Waals surface area contributed by atoms with E-state index in [1.54, 1.807) is 30.8 Å². The van der Waals surface area contributed by atoms with Crippen molar-refractivity contribution in [2.75, 3.05) is 6.61 Å². The number of ether oxygens (including phenoxy) is 1. The summed E-state index contributed by atoms with van der Waals surface area (Å²) in [7, 11) is 0. The Kier molecular flexibility index (Phi) is 2.58. The smallest absolute Gasteiger partial charge is 0.192 e. The summed E-state index contributed by atoms with van der Waals surface area (Å²) < 4.78 is 5.13. The third kappa shape index (κ3) is 1.82. The highest BCUT2D eigenvalue weighted by Crippen LogP contribution is 2.16. The Balaban J connectivity index is 2.20. The van der Waals surface area contributed by atoms with Crippen LogP contribution in [-0.4, -0.2) is 17.4 Å². The first kappa shape index (κ1) is 8.94. The zero-order chi connectivity index (χ0) is 9.80. The van der Waals surface area contributed by atoms with Gasteiger partial charge in [0.25, 0.3) is 0 Å². The van der Waals surface area contributed by atoms with Crippen LogP contribution in [0.25, 0.3) is 0 Å². The van der Waals surface area contributed by atoms with E-state index in [4.69, 9.17) is 4.74 Å². The summed E-state index contributed by atoms with van der Waals surface area (Å²) in [4.78, 5) is 15.7. The van der Waals surface area contributed by atoms with Gasteiger partial charge in [-0.1, -0.05) is 0 Å². The van der Waals surface area contributed by atoms with Crippen LogP contribution < -0.4 is 0 Å². The van der Waals surface area contributed by atoms with Gasteiger partial charge in [-0.2, -0.15) is 0 Å². The van der Waals surface area contributed by atoms with Gasteiger partial charge in [0, 0.05) is 23.5 Å². The minimum atomic E-state index is 0.0482. The average Bonchev–Trinajstić information content (AvgIpc) is 2.30. The van der Waals surface area contributed by atoms with E-state index in [1.165, 1.54) is 0 Å². The highest BCUT2D eigenvalue weighted by Gasteiger charge is 2.14. The zero-order valence-corrected chi connectivity index (χ0v) is 7.77. The van der Waals surface area contributed by atoms with Gasteiger partial charge >= 0.3 is 0 Å². The van der Waals surface area contributed by atoms with E-state index in [2.05, 4.69) is 4.98 Å². The maximum atomic E-state index is 11.8. The first-order valence-corrected chi connectivity index (χ1v) is 4.63. The Morgan fingerprint density at radius 2 is 2.14 bits per heavy atom. The summed E-state index contributed by atoms with van der Waals surface area (Å²) in [6.07, 6.45) is 6.55. The van der Waals surface area contributed by atoms with E-state index >= 15 is 0 Å². The summed E-state index contributed by atoms with van der Waals surface area (Å²) in [6, 6.07) is 3.44. The van der Waals surface area contributed by atoms with Crippen LogP contribution in [0.5, 0.6) is 0 Å².